The number of ketones is 1. The first-order valence-electron chi connectivity index (χ1n) is 6.24. The Morgan fingerprint density at radius 2 is 2.00 bits per heavy atom. The zero-order chi connectivity index (χ0) is 14.3. The molecule has 2 aromatic carbocycles. The van der Waals surface area contributed by atoms with Gasteiger partial charge in [-0.15, -0.1) is 0 Å². The number of nitrogens with one attached hydrogen (secondary N) is 1. The normalized spacial score (nSPS) is 10.9. The van der Waals surface area contributed by atoms with Gasteiger partial charge in [0.05, 0.1) is 0 Å². The number of carbonyl (C=O) groups excluding carboxylic acids is 1. The fraction of sp³-hybridized carbons (Fsp3) is 0.0625. The number of rotatable bonds is 2. The van der Waals surface area contributed by atoms with Crippen molar-refractivity contribution < 1.29 is 4.79 Å². The third-order valence-electron chi connectivity index (χ3n) is 3.41. The summed E-state index contributed by atoms with van der Waals surface area (Å²) in [7, 11) is 0. The highest BCUT2D eigenvalue weighted by Crippen LogP contribution is 2.29. The lowest BCUT2D eigenvalue weighted by atomic mass is 9.98. The molecule has 3 N–H and O–H groups in total. The van der Waals surface area contributed by atoms with Crippen LogP contribution in [0.15, 0.2) is 47.1 Å². The monoisotopic (exact) mass is 328 g/mol. The van der Waals surface area contributed by atoms with Crippen LogP contribution in [-0.2, 0) is 0 Å². The molecule has 0 radical (unpaired) electrons. The zero-order valence-corrected chi connectivity index (χ0v) is 12.5. The van der Waals surface area contributed by atoms with E-state index in [2.05, 4.69) is 20.9 Å². The van der Waals surface area contributed by atoms with Gasteiger partial charge in [-0.25, -0.2) is 0 Å². The molecule has 3 rings (SSSR count). The van der Waals surface area contributed by atoms with E-state index < -0.39 is 0 Å². The van der Waals surface area contributed by atoms with Gasteiger partial charge in [0, 0.05) is 38.4 Å². The summed E-state index contributed by atoms with van der Waals surface area (Å²) in [5, 5.41) is 0.902. The summed E-state index contributed by atoms with van der Waals surface area (Å²) in [6, 6.07) is 11.2. The minimum atomic E-state index is -0.0204. The Morgan fingerprint density at radius 1 is 1.20 bits per heavy atom. The number of halogens is 1. The van der Waals surface area contributed by atoms with Crippen LogP contribution in [0.4, 0.5) is 5.69 Å². The molecule has 20 heavy (non-hydrogen) atoms. The quantitative estimate of drug-likeness (QED) is 0.550. The molecular formula is C16H13BrN2O. The van der Waals surface area contributed by atoms with Crippen LogP contribution < -0.4 is 5.73 Å². The van der Waals surface area contributed by atoms with Gasteiger partial charge in [0.1, 0.15) is 0 Å². The maximum Gasteiger partial charge on any atom is 0.195 e. The second-order valence-electron chi connectivity index (χ2n) is 4.77. The van der Waals surface area contributed by atoms with Crippen molar-refractivity contribution in [2.24, 2.45) is 0 Å². The van der Waals surface area contributed by atoms with Crippen LogP contribution >= 0.6 is 15.9 Å². The molecule has 1 aromatic heterocycles. The van der Waals surface area contributed by atoms with Crippen LogP contribution in [0.3, 0.4) is 0 Å². The van der Waals surface area contributed by atoms with Crippen molar-refractivity contribution in [2.75, 3.05) is 5.73 Å². The number of carbonyl (C=O) groups is 1. The Labute approximate surface area is 124 Å². The molecule has 0 aliphatic rings. The molecule has 0 atom stereocenters. The zero-order valence-electron chi connectivity index (χ0n) is 10.9. The molecule has 0 bridgehead atoms. The number of nitrogen functional groups attached to an aromatic ring is 1. The van der Waals surface area contributed by atoms with Crippen LogP contribution in [0.5, 0.6) is 0 Å². The fourth-order valence-corrected chi connectivity index (χ4v) is 2.93. The number of aryl methyl sites for hydroxylation is 1. The Balaban J connectivity index is 2.21. The molecule has 0 amide bonds. The predicted molar refractivity (Wildman–Crippen MR) is 85.0 cm³/mol. The van der Waals surface area contributed by atoms with Crippen LogP contribution in [0.25, 0.3) is 10.9 Å². The Hall–Kier alpha value is -2.07. The van der Waals surface area contributed by atoms with Crippen LogP contribution in [-0.4, -0.2) is 10.8 Å². The van der Waals surface area contributed by atoms with Crippen molar-refractivity contribution >= 4 is 38.3 Å². The summed E-state index contributed by atoms with van der Waals surface area (Å²) in [6.07, 6.45) is 1.75. The van der Waals surface area contributed by atoms with Gasteiger partial charge in [-0.2, -0.15) is 0 Å². The number of hydrogen-bond acceptors (Lipinski definition) is 2. The fourth-order valence-electron chi connectivity index (χ4n) is 2.35. The number of fused-ring (bicyclic) bond motifs is 1. The van der Waals surface area contributed by atoms with E-state index in [-0.39, 0.29) is 5.78 Å². The van der Waals surface area contributed by atoms with Crippen molar-refractivity contribution in [1.29, 1.82) is 0 Å². The summed E-state index contributed by atoms with van der Waals surface area (Å²) >= 11 is 3.50. The van der Waals surface area contributed by atoms with E-state index in [4.69, 9.17) is 5.73 Å². The molecule has 4 heteroatoms. The molecule has 0 aliphatic carbocycles. The number of benzene rings is 2. The Morgan fingerprint density at radius 3 is 2.80 bits per heavy atom. The highest BCUT2D eigenvalue weighted by molar-refractivity contribution is 9.10. The molecule has 0 spiro atoms. The molecule has 0 saturated heterocycles. The SMILES string of the molecule is Cc1ccc(N)cc1C(=O)c1c[nH]c2cccc(Br)c12. The second-order valence-corrected chi connectivity index (χ2v) is 5.62. The highest BCUT2D eigenvalue weighted by Gasteiger charge is 2.17. The van der Waals surface area contributed by atoms with Gasteiger partial charge in [-0.1, -0.05) is 28.1 Å². The number of aromatic amines is 1. The molecule has 100 valence electrons. The van der Waals surface area contributed by atoms with Gasteiger partial charge in [0.15, 0.2) is 5.78 Å². The third-order valence-corrected chi connectivity index (χ3v) is 4.07. The Bertz CT molecular complexity index is 820. The van der Waals surface area contributed by atoms with E-state index >= 15 is 0 Å². The molecule has 0 aliphatic heterocycles. The van der Waals surface area contributed by atoms with E-state index in [1.54, 1.807) is 18.3 Å². The minimum absolute atomic E-state index is 0.0204. The number of H-pyrrole nitrogens is 1. The standard InChI is InChI=1S/C16H13BrN2O/c1-9-5-6-10(18)7-11(9)16(20)12-8-19-14-4-2-3-13(17)15(12)14/h2-8,19H,18H2,1H3. The van der Waals surface area contributed by atoms with E-state index in [1.807, 2.05) is 31.2 Å². The maximum atomic E-state index is 12.8. The van der Waals surface area contributed by atoms with Crippen molar-refractivity contribution in [3.05, 3.63) is 63.8 Å². The maximum absolute atomic E-state index is 12.8. The lowest BCUT2D eigenvalue weighted by Gasteiger charge is -2.06. The van der Waals surface area contributed by atoms with E-state index in [1.165, 1.54) is 0 Å². The van der Waals surface area contributed by atoms with Crippen LogP contribution in [0, 0.1) is 6.92 Å². The molecular weight excluding hydrogens is 316 g/mol. The van der Waals surface area contributed by atoms with Crippen molar-refractivity contribution in [2.45, 2.75) is 6.92 Å². The largest absolute Gasteiger partial charge is 0.399 e. The lowest BCUT2D eigenvalue weighted by Crippen LogP contribution is -2.04. The van der Waals surface area contributed by atoms with Gasteiger partial charge in [0.2, 0.25) is 0 Å². The van der Waals surface area contributed by atoms with Crippen molar-refractivity contribution in [3.8, 4) is 0 Å². The number of aromatic nitrogens is 1. The molecule has 0 fully saturated rings. The molecule has 1 heterocycles. The molecule has 3 aromatic rings. The van der Waals surface area contributed by atoms with Crippen molar-refractivity contribution in [3.63, 3.8) is 0 Å². The van der Waals surface area contributed by atoms with Gasteiger partial charge in [0.25, 0.3) is 0 Å². The van der Waals surface area contributed by atoms with Gasteiger partial charge in [-0.3, -0.25) is 4.79 Å². The van der Waals surface area contributed by atoms with E-state index in [0.29, 0.717) is 16.8 Å². The summed E-state index contributed by atoms with van der Waals surface area (Å²) in [4.78, 5) is 15.9. The first kappa shape index (κ1) is 12.9. The van der Waals surface area contributed by atoms with Crippen molar-refractivity contribution in [1.82, 2.24) is 4.98 Å². The first-order chi connectivity index (χ1) is 9.58. The van der Waals surface area contributed by atoms with Gasteiger partial charge < -0.3 is 10.7 Å². The predicted octanol–water partition coefficient (Wildman–Crippen LogP) is 4.05. The third kappa shape index (κ3) is 2.02. The summed E-state index contributed by atoms with van der Waals surface area (Å²) in [5.74, 6) is -0.0204. The molecule has 0 saturated carbocycles. The average Bonchev–Trinajstić information content (AvgIpc) is 2.86. The van der Waals surface area contributed by atoms with E-state index in [0.717, 1.165) is 20.9 Å². The lowest BCUT2D eigenvalue weighted by molar-refractivity contribution is 0.104. The summed E-state index contributed by atoms with van der Waals surface area (Å²) in [6.45, 7) is 1.91. The van der Waals surface area contributed by atoms with Gasteiger partial charge in [-0.05, 0) is 36.8 Å². The Kier molecular flexibility index (Phi) is 3.10. The average molecular weight is 329 g/mol. The number of nitrogens with two attached hydrogens (primary N) is 1. The summed E-state index contributed by atoms with van der Waals surface area (Å²) < 4.78 is 0.904. The number of anilines is 1. The smallest absolute Gasteiger partial charge is 0.195 e. The van der Waals surface area contributed by atoms with Crippen LogP contribution in [0.1, 0.15) is 21.5 Å². The topological polar surface area (TPSA) is 58.9 Å². The summed E-state index contributed by atoms with van der Waals surface area (Å²) in [5.41, 5.74) is 9.54. The molecule has 0 unspecified atom stereocenters. The minimum Gasteiger partial charge on any atom is -0.399 e. The number of hydrogen-bond donors (Lipinski definition) is 2. The molecule has 3 nitrogen and oxygen atoms in total. The first-order valence-corrected chi connectivity index (χ1v) is 7.03. The highest BCUT2D eigenvalue weighted by atomic mass is 79.9. The van der Waals surface area contributed by atoms with E-state index in [9.17, 15) is 4.79 Å². The second kappa shape index (κ2) is 4.80. The van der Waals surface area contributed by atoms with Gasteiger partial charge >= 0.3 is 0 Å². The van der Waals surface area contributed by atoms with Crippen LogP contribution in [0.2, 0.25) is 0 Å².